The zero-order chi connectivity index (χ0) is 55.4. The van der Waals surface area contributed by atoms with E-state index in [1.807, 2.05) is 29.2 Å². The Morgan fingerprint density at radius 3 is 2.33 bits per heavy atom. The third-order valence-corrected chi connectivity index (χ3v) is 16.0. The second-order valence-corrected chi connectivity index (χ2v) is 21.0. The lowest BCUT2D eigenvalue weighted by molar-refractivity contribution is -0.142. The first-order chi connectivity index (χ1) is 38.2. The van der Waals surface area contributed by atoms with Crippen LogP contribution in [0.5, 0.6) is 0 Å². The third-order valence-electron chi connectivity index (χ3n) is 16.0. The van der Waals surface area contributed by atoms with Crippen LogP contribution in [0.1, 0.15) is 104 Å². The summed E-state index contributed by atoms with van der Waals surface area (Å²) in [5.74, 6) is -2.09. The van der Waals surface area contributed by atoms with Crippen molar-refractivity contribution in [2.75, 3.05) is 83.3 Å². The van der Waals surface area contributed by atoms with E-state index < -0.39 is 29.5 Å². The number of rotatable bonds is 18. The number of amides is 6. The summed E-state index contributed by atoms with van der Waals surface area (Å²) in [5, 5.41) is 19.5. The number of nitrogens with two attached hydrogens (primary N) is 1. The number of carbonyl (C=O) groups is 7. The Morgan fingerprint density at radius 1 is 0.835 bits per heavy atom. The molecule has 5 aliphatic heterocycles. The lowest BCUT2D eigenvalue weighted by Crippen LogP contribution is -2.65. The van der Waals surface area contributed by atoms with Crippen LogP contribution in [-0.2, 0) is 40.0 Å². The molecule has 11 rings (SSSR count). The molecule has 5 aliphatic rings. The first-order valence-corrected chi connectivity index (χ1v) is 27.2. The van der Waals surface area contributed by atoms with Gasteiger partial charge in [-0.2, -0.15) is 5.10 Å². The lowest BCUT2D eigenvalue weighted by Gasteiger charge is -2.39. The normalized spacial score (nSPS) is 18.0. The fraction of sp³-hybridized carbons (Fsp3) is 0.446. The van der Waals surface area contributed by atoms with Gasteiger partial charge in [0.1, 0.15) is 43.3 Å². The highest BCUT2D eigenvalue weighted by Crippen LogP contribution is 2.42. The van der Waals surface area contributed by atoms with Crippen LogP contribution in [0.3, 0.4) is 0 Å². The minimum atomic E-state index is -0.657. The van der Waals surface area contributed by atoms with Gasteiger partial charge in [0.15, 0.2) is 11.5 Å². The number of nitrogens with one attached hydrogen (secondary N) is 3. The van der Waals surface area contributed by atoms with Crippen molar-refractivity contribution in [2.45, 2.75) is 89.0 Å². The number of aromatic nitrogens is 6. The van der Waals surface area contributed by atoms with Crippen molar-refractivity contribution in [3.05, 3.63) is 89.8 Å². The van der Waals surface area contributed by atoms with Crippen molar-refractivity contribution in [3.63, 3.8) is 0 Å². The summed E-state index contributed by atoms with van der Waals surface area (Å²) < 4.78 is 22.2. The Morgan fingerprint density at radius 2 is 1.59 bits per heavy atom. The van der Waals surface area contributed by atoms with Crippen molar-refractivity contribution in [1.82, 2.24) is 54.7 Å². The molecule has 23 heteroatoms. The number of carbonyl (C=O) groups excluding carboxylic acids is 7. The monoisotopic (exact) mass is 1080 g/mol. The largest absolute Gasteiger partial charge is 0.468 e. The summed E-state index contributed by atoms with van der Waals surface area (Å²) in [6, 6.07) is 16.5. The van der Waals surface area contributed by atoms with Gasteiger partial charge in [0, 0.05) is 93.4 Å². The summed E-state index contributed by atoms with van der Waals surface area (Å²) in [4.78, 5) is 107. The van der Waals surface area contributed by atoms with Crippen molar-refractivity contribution in [3.8, 4) is 11.1 Å². The number of anilines is 3. The molecule has 5 N–H and O–H groups in total. The Balaban J connectivity index is 0.721. The number of ether oxygens (including phenoxy) is 1. The van der Waals surface area contributed by atoms with Gasteiger partial charge in [-0.05, 0) is 85.9 Å². The van der Waals surface area contributed by atoms with Crippen LogP contribution < -0.4 is 31.2 Å². The molecule has 0 saturated carbocycles. The summed E-state index contributed by atoms with van der Waals surface area (Å²) in [6.45, 7) is 3.08. The molecule has 6 amide bonds. The maximum Gasteiger partial charge on any atom is 0.340 e. The number of methoxy groups -OCH3 is 1. The number of hydrogen-bond acceptors (Lipinski definition) is 14. The fourth-order valence-corrected chi connectivity index (χ4v) is 11.6. The zero-order valence-corrected chi connectivity index (χ0v) is 44.5. The highest BCUT2D eigenvalue weighted by molar-refractivity contribution is 6.01. The fourth-order valence-electron chi connectivity index (χ4n) is 11.6. The SMILES string of the molecule is COC(=O)CNC(=O)CN(C)C(=O)Cn1nc2c3c(cccc31)-c1cc3c(cnn3[N+]3(C(=O)CCC(=O)NCCCC(=O)N4CCC(c5ccc(Nc6nc(N7CCCCC7)cnc6C(N)=O)cc5)CC4)CCC2CC3)cc1F. The van der Waals surface area contributed by atoms with Gasteiger partial charge < -0.3 is 41.1 Å². The molecule has 4 bridgehead atoms. The maximum absolute atomic E-state index is 16.3. The number of hydrogen-bond donors (Lipinski definition) is 4. The second kappa shape index (κ2) is 23.3. The van der Waals surface area contributed by atoms with Crippen molar-refractivity contribution < 1.29 is 42.7 Å². The molecule has 3 fully saturated rings. The quantitative estimate of drug-likeness (QED) is 0.0525. The molecule has 3 aromatic carbocycles. The molecule has 414 valence electrons. The van der Waals surface area contributed by atoms with E-state index in [0.29, 0.717) is 90.1 Å². The number of halogens is 1. The van der Waals surface area contributed by atoms with Crippen LogP contribution in [0.4, 0.5) is 21.7 Å². The molecule has 0 unspecified atom stereocenters. The van der Waals surface area contributed by atoms with Gasteiger partial charge in [-0.15, -0.1) is 9.69 Å². The molecular formula is C56H66FN14O8+. The summed E-state index contributed by atoms with van der Waals surface area (Å²) in [5.41, 5.74) is 10.3. The Bertz CT molecular complexity index is 3320. The van der Waals surface area contributed by atoms with E-state index in [1.165, 1.54) is 31.5 Å². The van der Waals surface area contributed by atoms with Crippen molar-refractivity contribution >= 4 is 80.5 Å². The van der Waals surface area contributed by atoms with Crippen LogP contribution in [0, 0.1) is 5.82 Å². The first kappa shape index (κ1) is 54.0. The molecule has 0 aliphatic carbocycles. The summed E-state index contributed by atoms with van der Waals surface area (Å²) in [7, 11) is 2.69. The van der Waals surface area contributed by atoms with Crippen LogP contribution in [0.25, 0.3) is 32.9 Å². The van der Waals surface area contributed by atoms with E-state index in [9.17, 15) is 33.6 Å². The molecule has 22 nitrogen and oxygen atoms in total. The standard InChI is InChI=1S/C56H65FN14O8/c1-66(33-47(73)60-32-51(77)79-2)49(75)34-69-43-9-6-8-40-41-29-44-38(28-42(41)57)30-62-70(44)71(26-19-37(20-27-71)53(65-69)52(40)43)50(76)16-15-46(72)59-21-7-10-48(74)68-24-17-36(18-25-68)35-11-13-39(14-12-35)63-56-54(55(58)78)61-31-45(64-56)67-22-4-3-5-23-67/h6,8-9,11-14,28-31,36-37H,3-5,7,10,15-27,32-34H2,1-2H3,(H4-,58,59,60,63,64,72,73,78)/p+1. The third kappa shape index (κ3) is 11.5. The highest BCUT2D eigenvalue weighted by Gasteiger charge is 2.46. The van der Waals surface area contributed by atoms with Gasteiger partial charge in [-0.1, -0.05) is 29.1 Å². The van der Waals surface area contributed by atoms with E-state index >= 15 is 4.39 Å². The molecule has 0 atom stereocenters. The smallest absolute Gasteiger partial charge is 0.340 e. The van der Waals surface area contributed by atoms with Gasteiger partial charge in [0.2, 0.25) is 23.6 Å². The van der Waals surface area contributed by atoms with E-state index in [1.54, 1.807) is 34.0 Å². The average molecular weight is 1080 g/mol. The molecule has 3 aromatic heterocycles. The minimum absolute atomic E-state index is 0.0292. The number of fused-ring (bicyclic) bond motifs is 2. The number of quaternary nitrogens is 1. The number of likely N-dealkylation sites (N-methyl/N-ethyl adjacent to an activating group) is 1. The first-order valence-electron chi connectivity index (χ1n) is 27.2. The predicted octanol–water partition coefficient (Wildman–Crippen LogP) is 4.50. The molecule has 3 saturated heterocycles. The van der Waals surface area contributed by atoms with E-state index in [0.717, 1.165) is 50.0 Å². The molecular weight excluding hydrogens is 1020 g/mol. The molecule has 0 spiro atoms. The number of esters is 1. The van der Waals surface area contributed by atoms with Crippen molar-refractivity contribution in [2.24, 2.45) is 5.73 Å². The van der Waals surface area contributed by atoms with Crippen LogP contribution in [0.15, 0.2) is 67.0 Å². The van der Waals surface area contributed by atoms with Crippen LogP contribution in [-0.4, -0.2) is 154 Å². The number of nitrogens with zero attached hydrogens (tertiary/aromatic N) is 10. The van der Waals surface area contributed by atoms with Crippen LogP contribution in [0.2, 0.25) is 0 Å². The maximum atomic E-state index is 16.3. The summed E-state index contributed by atoms with van der Waals surface area (Å²) >= 11 is 0. The van der Waals surface area contributed by atoms with Crippen LogP contribution >= 0.6 is 0 Å². The Labute approximate surface area is 455 Å². The van der Waals surface area contributed by atoms with Gasteiger partial charge in [0.05, 0.1) is 43.7 Å². The van der Waals surface area contributed by atoms with E-state index in [-0.39, 0.29) is 90.8 Å². The lowest BCUT2D eigenvalue weighted by atomic mass is 9.88. The topological polar surface area (TPSA) is 262 Å². The Hall–Kier alpha value is -8.34. The summed E-state index contributed by atoms with van der Waals surface area (Å²) in [6.07, 6.45) is 9.68. The number of likely N-dealkylation sites (tertiary alicyclic amines) is 1. The number of primary amides is 1. The minimum Gasteiger partial charge on any atom is -0.468 e. The number of piperidine rings is 3. The molecule has 79 heavy (non-hydrogen) atoms. The Kier molecular flexibility index (Phi) is 16.0. The highest BCUT2D eigenvalue weighted by atomic mass is 19.1. The zero-order valence-electron chi connectivity index (χ0n) is 44.5. The molecule has 6 aromatic rings. The van der Waals surface area contributed by atoms with E-state index in [2.05, 4.69) is 42.7 Å². The van der Waals surface area contributed by atoms with Gasteiger partial charge in [-0.3, -0.25) is 33.4 Å². The molecule has 8 heterocycles. The molecule has 0 radical (unpaired) electrons. The van der Waals surface area contributed by atoms with Gasteiger partial charge in [0.25, 0.3) is 5.91 Å². The predicted molar refractivity (Wildman–Crippen MR) is 292 cm³/mol. The number of benzene rings is 3. The van der Waals surface area contributed by atoms with Gasteiger partial charge >= 0.3 is 11.9 Å². The average Bonchev–Trinajstić information content (AvgIpc) is 4.28. The second-order valence-electron chi connectivity index (χ2n) is 21.0. The van der Waals surface area contributed by atoms with Gasteiger partial charge in [-0.25, -0.2) is 19.2 Å². The van der Waals surface area contributed by atoms with E-state index in [4.69, 9.17) is 20.9 Å². The van der Waals surface area contributed by atoms with Crippen molar-refractivity contribution in [1.29, 1.82) is 0 Å².